The third kappa shape index (κ3) is 3.85. The van der Waals surface area contributed by atoms with Crippen molar-refractivity contribution in [3.8, 4) is 23.5 Å². The highest BCUT2D eigenvalue weighted by atomic mass is 32.2. The predicted octanol–water partition coefficient (Wildman–Crippen LogP) is 2.88. The number of benzene rings is 1. The van der Waals surface area contributed by atoms with E-state index in [2.05, 4.69) is 9.72 Å². The monoisotopic (exact) mass is 473 g/mol. The molecule has 168 valence electrons. The van der Waals surface area contributed by atoms with Crippen molar-refractivity contribution in [1.82, 2.24) is 4.98 Å². The number of anilines is 2. The van der Waals surface area contributed by atoms with Crippen LogP contribution in [-0.4, -0.2) is 35.1 Å². The molecule has 0 aliphatic carbocycles. The number of carbonyl (C=O) groups is 3. The Hall–Kier alpha value is -4.61. The fraction of sp³-hybridized carbons (Fsp3) is 0.130. The number of aromatic nitrogens is 1. The van der Waals surface area contributed by atoms with Crippen LogP contribution in [-0.2, 0) is 14.3 Å². The van der Waals surface area contributed by atoms with Crippen LogP contribution in [0.2, 0.25) is 0 Å². The summed E-state index contributed by atoms with van der Waals surface area (Å²) in [5.74, 6) is -1.36. The minimum atomic E-state index is -0.871. The zero-order valence-electron chi connectivity index (χ0n) is 17.6. The van der Waals surface area contributed by atoms with Gasteiger partial charge in [-0.3, -0.25) is 9.59 Å². The summed E-state index contributed by atoms with van der Waals surface area (Å²) in [6, 6.07) is 13.0. The van der Waals surface area contributed by atoms with Gasteiger partial charge in [0, 0.05) is 6.42 Å². The van der Waals surface area contributed by atoms with Crippen molar-refractivity contribution in [2.45, 2.75) is 16.7 Å². The molecule has 3 aromatic rings. The molecule has 3 heterocycles. The molecule has 2 amide bonds. The molecule has 0 radical (unpaired) electrons. The third-order valence-electron chi connectivity index (χ3n) is 5.09. The number of imide groups is 1. The number of nitrogens with zero attached hydrogens (tertiary/aromatic N) is 4. The second-order valence-corrected chi connectivity index (χ2v) is 8.24. The van der Waals surface area contributed by atoms with E-state index in [1.165, 1.54) is 37.6 Å². The van der Waals surface area contributed by atoms with Gasteiger partial charge in [-0.15, -0.1) is 0 Å². The summed E-state index contributed by atoms with van der Waals surface area (Å²) in [4.78, 5) is 42.6. The van der Waals surface area contributed by atoms with Crippen LogP contribution in [0.1, 0.15) is 27.9 Å². The molecule has 4 rings (SSSR count). The van der Waals surface area contributed by atoms with Crippen molar-refractivity contribution in [1.29, 1.82) is 10.5 Å². The summed E-state index contributed by atoms with van der Waals surface area (Å²) in [6.07, 6.45) is 1.26. The van der Waals surface area contributed by atoms with Gasteiger partial charge in [0.1, 0.15) is 34.3 Å². The molecule has 1 atom stereocenters. The Morgan fingerprint density at radius 1 is 1.21 bits per heavy atom. The zero-order chi connectivity index (χ0) is 24.4. The number of nitriles is 2. The molecule has 0 spiro atoms. The molecule has 1 aliphatic rings. The highest BCUT2D eigenvalue weighted by Crippen LogP contribution is 2.40. The molecule has 34 heavy (non-hydrogen) atoms. The Morgan fingerprint density at radius 3 is 2.50 bits per heavy atom. The first-order valence-electron chi connectivity index (χ1n) is 9.79. The lowest BCUT2D eigenvalue weighted by molar-refractivity contribution is -0.121. The first kappa shape index (κ1) is 22.6. The Kier molecular flexibility index (Phi) is 6.04. The quantitative estimate of drug-likeness (QED) is 0.430. The van der Waals surface area contributed by atoms with E-state index >= 15 is 0 Å². The van der Waals surface area contributed by atoms with E-state index in [0.717, 1.165) is 16.7 Å². The van der Waals surface area contributed by atoms with Crippen LogP contribution < -0.4 is 10.6 Å². The van der Waals surface area contributed by atoms with Crippen LogP contribution in [0, 0.1) is 22.7 Å². The average Bonchev–Trinajstić information content (AvgIpc) is 3.46. The van der Waals surface area contributed by atoms with Crippen molar-refractivity contribution in [3.05, 3.63) is 59.4 Å². The minimum Gasteiger partial charge on any atom is -0.465 e. The summed E-state index contributed by atoms with van der Waals surface area (Å²) < 4.78 is 10.0. The van der Waals surface area contributed by atoms with E-state index in [0.29, 0.717) is 5.69 Å². The maximum atomic E-state index is 13.1. The number of carbonyl (C=O) groups excluding carboxylic acids is 3. The van der Waals surface area contributed by atoms with Gasteiger partial charge in [0.2, 0.25) is 11.8 Å². The first-order chi connectivity index (χ1) is 16.4. The van der Waals surface area contributed by atoms with E-state index in [-0.39, 0.29) is 45.3 Å². The lowest BCUT2D eigenvalue weighted by Crippen LogP contribution is -2.31. The summed E-state index contributed by atoms with van der Waals surface area (Å²) >= 11 is 0.918. The summed E-state index contributed by atoms with van der Waals surface area (Å²) in [5.41, 5.74) is 6.73. The standard InChI is InChI=1S/C23H15N5O5S/c1-32-23(31)12-4-6-13(7-5-12)28-18(29)9-17(22(28)30)34-21-15(11-25)19(16-3-2-8-33-16)14(10-24)20(26)27-21/h2-8,17H,9H2,1H3,(H2,26,27). The lowest BCUT2D eigenvalue weighted by Gasteiger charge is -2.16. The van der Waals surface area contributed by atoms with Gasteiger partial charge in [-0.05, 0) is 36.4 Å². The van der Waals surface area contributed by atoms with Gasteiger partial charge in [0.15, 0.2) is 0 Å². The Bertz CT molecular complexity index is 1390. The third-order valence-corrected chi connectivity index (χ3v) is 6.26. The van der Waals surface area contributed by atoms with Gasteiger partial charge in [-0.25, -0.2) is 14.7 Å². The van der Waals surface area contributed by atoms with Crippen molar-refractivity contribution in [2.24, 2.45) is 0 Å². The van der Waals surface area contributed by atoms with Crippen molar-refractivity contribution < 1.29 is 23.5 Å². The molecule has 2 N–H and O–H groups in total. The zero-order valence-corrected chi connectivity index (χ0v) is 18.5. The van der Waals surface area contributed by atoms with E-state index in [4.69, 9.17) is 10.2 Å². The number of nitrogens with two attached hydrogens (primary N) is 1. The predicted molar refractivity (Wildman–Crippen MR) is 120 cm³/mol. The molecule has 0 saturated carbocycles. The Labute approximate surface area is 197 Å². The fourth-order valence-corrected chi connectivity index (χ4v) is 4.64. The topological polar surface area (TPSA) is 163 Å². The maximum Gasteiger partial charge on any atom is 0.337 e. The van der Waals surface area contributed by atoms with Crippen LogP contribution in [0.4, 0.5) is 11.5 Å². The second-order valence-electron chi connectivity index (χ2n) is 7.04. The van der Waals surface area contributed by atoms with Gasteiger partial charge in [-0.1, -0.05) is 11.8 Å². The second kappa shape index (κ2) is 9.10. The molecule has 1 aliphatic heterocycles. The molecule has 1 unspecified atom stereocenters. The SMILES string of the molecule is COC(=O)c1ccc(N2C(=O)CC(Sc3nc(N)c(C#N)c(-c4ccco4)c3C#N)C2=O)cc1. The molecule has 1 aromatic carbocycles. The van der Waals surface area contributed by atoms with Crippen LogP contribution in [0.3, 0.4) is 0 Å². The normalized spacial score (nSPS) is 15.1. The molecule has 1 fully saturated rings. The number of methoxy groups -OCH3 is 1. The van der Waals surface area contributed by atoms with Gasteiger partial charge >= 0.3 is 5.97 Å². The number of pyridine rings is 1. The van der Waals surface area contributed by atoms with Crippen molar-refractivity contribution >= 4 is 41.1 Å². The number of ether oxygens (including phenoxy) is 1. The Balaban J connectivity index is 1.67. The number of hydrogen-bond acceptors (Lipinski definition) is 10. The highest BCUT2D eigenvalue weighted by molar-refractivity contribution is 8.00. The van der Waals surface area contributed by atoms with Gasteiger partial charge in [0.25, 0.3) is 0 Å². The van der Waals surface area contributed by atoms with Gasteiger partial charge in [0.05, 0.1) is 41.0 Å². The van der Waals surface area contributed by atoms with Gasteiger partial charge in [-0.2, -0.15) is 10.5 Å². The lowest BCUT2D eigenvalue weighted by atomic mass is 10.0. The number of hydrogen-bond donors (Lipinski definition) is 1. The summed E-state index contributed by atoms with van der Waals surface area (Å²) in [6.45, 7) is 0. The molecular formula is C23H15N5O5S. The number of thioether (sulfide) groups is 1. The molecule has 2 aromatic heterocycles. The highest BCUT2D eigenvalue weighted by Gasteiger charge is 2.41. The first-order valence-corrected chi connectivity index (χ1v) is 10.7. The van der Waals surface area contributed by atoms with E-state index in [1.807, 2.05) is 12.1 Å². The minimum absolute atomic E-state index is 0.0167. The summed E-state index contributed by atoms with van der Waals surface area (Å²) in [7, 11) is 1.25. The number of rotatable bonds is 5. The number of esters is 1. The van der Waals surface area contributed by atoms with Crippen LogP contribution in [0.25, 0.3) is 11.3 Å². The molecule has 1 saturated heterocycles. The maximum absolute atomic E-state index is 13.1. The van der Waals surface area contributed by atoms with E-state index < -0.39 is 23.0 Å². The number of furan rings is 1. The molecule has 11 heteroatoms. The number of nitrogen functional groups attached to an aromatic ring is 1. The number of amides is 2. The van der Waals surface area contributed by atoms with E-state index in [9.17, 15) is 24.9 Å². The average molecular weight is 473 g/mol. The Morgan fingerprint density at radius 2 is 1.91 bits per heavy atom. The fourth-order valence-electron chi connectivity index (χ4n) is 3.52. The van der Waals surface area contributed by atoms with Crippen LogP contribution in [0.15, 0.2) is 52.1 Å². The van der Waals surface area contributed by atoms with E-state index in [1.54, 1.807) is 12.1 Å². The molecule has 10 nitrogen and oxygen atoms in total. The van der Waals surface area contributed by atoms with Gasteiger partial charge < -0.3 is 14.9 Å². The van der Waals surface area contributed by atoms with Crippen LogP contribution >= 0.6 is 11.8 Å². The van der Waals surface area contributed by atoms with Crippen LogP contribution in [0.5, 0.6) is 0 Å². The summed E-state index contributed by atoms with van der Waals surface area (Å²) in [5, 5.41) is 18.6. The smallest absolute Gasteiger partial charge is 0.337 e. The molecular weight excluding hydrogens is 458 g/mol. The largest absolute Gasteiger partial charge is 0.465 e. The molecule has 0 bridgehead atoms. The van der Waals surface area contributed by atoms with Crippen molar-refractivity contribution in [2.75, 3.05) is 17.7 Å². The van der Waals surface area contributed by atoms with Crippen molar-refractivity contribution in [3.63, 3.8) is 0 Å².